The molecule has 0 aliphatic heterocycles. The Morgan fingerprint density at radius 2 is 2.14 bits per heavy atom. The van der Waals surface area contributed by atoms with Gasteiger partial charge in [0, 0.05) is 5.56 Å². The van der Waals surface area contributed by atoms with E-state index in [0.717, 1.165) is 10.2 Å². The van der Waals surface area contributed by atoms with Crippen LogP contribution in [0.3, 0.4) is 0 Å². The van der Waals surface area contributed by atoms with Gasteiger partial charge in [-0.1, -0.05) is 29.5 Å². The van der Waals surface area contributed by atoms with E-state index in [1.165, 1.54) is 23.1 Å². The minimum Gasteiger partial charge on any atom is -0.312 e. The molecule has 3 aromatic rings. The van der Waals surface area contributed by atoms with Gasteiger partial charge in [-0.25, -0.2) is 9.97 Å². The fourth-order valence-electron chi connectivity index (χ4n) is 1.58. The topological polar surface area (TPSA) is 83.6 Å². The third kappa shape index (κ3) is 3.47. The Labute approximate surface area is 129 Å². The van der Waals surface area contributed by atoms with Gasteiger partial charge in [-0.15, -0.1) is 5.10 Å². The van der Waals surface area contributed by atoms with Crippen molar-refractivity contribution in [3.05, 3.63) is 47.9 Å². The molecule has 0 spiro atoms. The van der Waals surface area contributed by atoms with Crippen LogP contribution >= 0.6 is 23.1 Å². The standard InChI is InChI=1S/C13H11N5OS2/c1-8-15-12(18-17-8)21-13-14-7-10(20-13)16-11(19)9-5-3-2-4-6-9/h2-7H,1H3,(H,16,19)(H,15,17,18). The van der Waals surface area contributed by atoms with Gasteiger partial charge in [-0.05, 0) is 30.8 Å². The summed E-state index contributed by atoms with van der Waals surface area (Å²) in [6.07, 6.45) is 1.63. The molecule has 0 saturated carbocycles. The number of aryl methyl sites for hydroxylation is 1. The lowest BCUT2D eigenvalue weighted by Crippen LogP contribution is -2.10. The van der Waals surface area contributed by atoms with Crippen molar-refractivity contribution in [3.8, 4) is 0 Å². The third-order valence-corrected chi connectivity index (χ3v) is 4.37. The normalized spacial score (nSPS) is 10.5. The Hall–Kier alpha value is -2.19. The third-order valence-electron chi connectivity index (χ3n) is 2.51. The summed E-state index contributed by atoms with van der Waals surface area (Å²) >= 11 is 2.74. The van der Waals surface area contributed by atoms with E-state index >= 15 is 0 Å². The Kier molecular flexibility index (Phi) is 3.98. The van der Waals surface area contributed by atoms with Crippen molar-refractivity contribution >= 4 is 34.0 Å². The number of amides is 1. The molecule has 3 rings (SSSR count). The van der Waals surface area contributed by atoms with Gasteiger partial charge >= 0.3 is 0 Å². The molecule has 1 aromatic carbocycles. The van der Waals surface area contributed by atoms with E-state index in [9.17, 15) is 4.79 Å². The Morgan fingerprint density at radius 3 is 2.86 bits per heavy atom. The predicted octanol–water partition coefficient (Wildman–Crippen LogP) is 2.97. The number of nitrogens with zero attached hydrogens (tertiary/aromatic N) is 3. The number of anilines is 1. The van der Waals surface area contributed by atoms with Crippen LogP contribution in [0.5, 0.6) is 0 Å². The van der Waals surface area contributed by atoms with E-state index < -0.39 is 0 Å². The number of carbonyl (C=O) groups is 1. The van der Waals surface area contributed by atoms with Gasteiger partial charge in [0.2, 0.25) is 5.16 Å². The van der Waals surface area contributed by atoms with Crippen LogP contribution in [0.15, 0.2) is 46.0 Å². The molecule has 6 nitrogen and oxygen atoms in total. The summed E-state index contributed by atoms with van der Waals surface area (Å²) in [6, 6.07) is 9.06. The first-order valence-corrected chi connectivity index (χ1v) is 7.73. The van der Waals surface area contributed by atoms with Gasteiger partial charge < -0.3 is 5.32 Å². The maximum atomic E-state index is 12.0. The van der Waals surface area contributed by atoms with Crippen LogP contribution in [0.1, 0.15) is 16.2 Å². The molecule has 0 bridgehead atoms. The molecule has 0 aliphatic rings. The van der Waals surface area contributed by atoms with Gasteiger partial charge in [0.25, 0.3) is 5.91 Å². The van der Waals surface area contributed by atoms with E-state index in [2.05, 4.69) is 25.5 Å². The van der Waals surface area contributed by atoms with Crippen molar-refractivity contribution in [1.82, 2.24) is 20.2 Å². The second-order valence-corrected chi connectivity index (χ2v) is 6.36. The van der Waals surface area contributed by atoms with E-state index in [0.29, 0.717) is 15.7 Å². The van der Waals surface area contributed by atoms with Crippen LogP contribution in [0.4, 0.5) is 5.00 Å². The number of aromatic nitrogens is 4. The minimum absolute atomic E-state index is 0.149. The van der Waals surface area contributed by atoms with Crippen LogP contribution in [0, 0.1) is 6.92 Å². The van der Waals surface area contributed by atoms with Gasteiger partial charge in [0.05, 0.1) is 6.20 Å². The summed E-state index contributed by atoms with van der Waals surface area (Å²) in [6.45, 7) is 1.84. The number of rotatable bonds is 4. The molecule has 2 N–H and O–H groups in total. The van der Waals surface area contributed by atoms with Gasteiger partial charge in [-0.2, -0.15) is 0 Å². The van der Waals surface area contributed by atoms with E-state index in [1.54, 1.807) is 18.3 Å². The summed E-state index contributed by atoms with van der Waals surface area (Å²) in [5.41, 5.74) is 0.615. The molecule has 2 heterocycles. The highest BCUT2D eigenvalue weighted by atomic mass is 32.2. The lowest BCUT2D eigenvalue weighted by Gasteiger charge is -2.00. The summed E-state index contributed by atoms with van der Waals surface area (Å²) in [7, 11) is 0. The number of aromatic amines is 1. The first-order valence-electron chi connectivity index (χ1n) is 6.10. The molecule has 106 valence electrons. The molecule has 0 fully saturated rings. The number of hydrogen-bond acceptors (Lipinski definition) is 6. The molecular formula is C13H11N5OS2. The monoisotopic (exact) mass is 317 g/mol. The van der Waals surface area contributed by atoms with E-state index in [1.807, 2.05) is 25.1 Å². The van der Waals surface area contributed by atoms with Crippen LogP contribution in [-0.2, 0) is 0 Å². The van der Waals surface area contributed by atoms with Gasteiger partial charge in [0.1, 0.15) is 10.8 Å². The molecule has 8 heteroatoms. The second kappa shape index (κ2) is 6.06. The van der Waals surface area contributed by atoms with Crippen molar-refractivity contribution in [2.75, 3.05) is 5.32 Å². The average molecular weight is 317 g/mol. The maximum absolute atomic E-state index is 12.0. The largest absolute Gasteiger partial charge is 0.312 e. The Morgan fingerprint density at radius 1 is 1.33 bits per heavy atom. The zero-order valence-corrected chi connectivity index (χ0v) is 12.7. The van der Waals surface area contributed by atoms with Crippen molar-refractivity contribution in [2.24, 2.45) is 0 Å². The molecule has 0 aliphatic carbocycles. The van der Waals surface area contributed by atoms with Crippen LogP contribution in [-0.4, -0.2) is 26.1 Å². The van der Waals surface area contributed by atoms with Crippen molar-refractivity contribution in [2.45, 2.75) is 16.4 Å². The van der Waals surface area contributed by atoms with Gasteiger partial charge in [0.15, 0.2) is 4.34 Å². The Bertz CT molecular complexity index is 753. The smallest absolute Gasteiger partial charge is 0.256 e. The van der Waals surface area contributed by atoms with Crippen molar-refractivity contribution < 1.29 is 4.79 Å². The number of thiazole rings is 1. The summed E-state index contributed by atoms with van der Waals surface area (Å²) in [5.74, 6) is 0.608. The lowest BCUT2D eigenvalue weighted by molar-refractivity contribution is 0.102. The lowest BCUT2D eigenvalue weighted by atomic mass is 10.2. The molecule has 0 unspecified atom stereocenters. The second-order valence-electron chi connectivity index (χ2n) is 4.12. The molecular weight excluding hydrogens is 306 g/mol. The molecule has 2 aromatic heterocycles. The number of hydrogen-bond donors (Lipinski definition) is 2. The van der Waals surface area contributed by atoms with Crippen molar-refractivity contribution in [3.63, 3.8) is 0 Å². The quantitative estimate of drug-likeness (QED) is 0.773. The highest BCUT2D eigenvalue weighted by Gasteiger charge is 2.10. The number of benzene rings is 1. The number of carbonyl (C=O) groups excluding carboxylic acids is 1. The highest BCUT2D eigenvalue weighted by Crippen LogP contribution is 2.31. The van der Waals surface area contributed by atoms with E-state index in [-0.39, 0.29) is 5.91 Å². The molecule has 0 atom stereocenters. The van der Waals surface area contributed by atoms with Crippen LogP contribution in [0.25, 0.3) is 0 Å². The van der Waals surface area contributed by atoms with Gasteiger partial charge in [-0.3, -0.25) is 9.89 Å². The maximum Gasteiger partial charge on any atom is 0.256 e. The first kappa shape index (κ1) is 13.8. The molecule has 0 radical (unpaired) electrons. The molecule has 1 amide bonds. The molecule has 0 saturated heterocycles. The number of nitrogens with one attached hydrogen (secondary N) is 2. The SMILES string of the molecule is Cc1nc(Sc2ncc(NC(=O)c3ccccc3)s2)n[nH]1. The fourth-order valence-corrected chi connectivity index (χ4v) is 3.32. The highest BCUT2D eigenvalue weighted by molar-refractivity contribution is 8.00. The summed E-state index contributed by atoms with van der Waals surface area (Å²) < 4.78 is 0.775. The zero-order valence-electron chi connectivity index (χ0n) is 11.0. The molecule has 21 heavy (non-hydrogen) atoms. The van der Waals surface area contributed by atoms with Crippen LogP contribution < -0.4 is 5.32 Å². The number of H-pyrrole nitrogens is 1. The Balaban J connectivity index is 1.66. The van der Waals surface area contributed by atoms with Crippen molar-refractivity contribution in [1.29, 1.82) is 0 Å². The predicted molar refractivity (Wildman–Crippen MR) is 81.8 cm³/mol. The first-order chi connectivity index (χ1) is 10.2. The van der Waals surface area contributed by atoms with E-state index in [4.69, 9.17) is 0 Å². The van der Waals surface area contributed by atoms with Crippen LogP contribution in [0.2, 0.25) is 0 Å². The summed E-state index contributed by atoms with van der Waals surface area (Å²) in [5, 5.41) is 10.9. The fraction of sp³-hybridized carbons (Fsp3) is 0.0769. The minimum atomic E-state index is -0.149. The average Bonchev–Trinajstić information content (AvgIpc) is 3.09. The zero-order chi connectivity index (χ0) is 14.7. The summed E-state index contributed by atoms with van der Waals surface area (Å²) in [4.78, 5) is 20.5.